The molecule has 1 unspecified atom stereocenters. The fraction of sp³-hybridized carbons (Fsp3) is 0.462. The number of nitrogen functional groups attached to an aromatic ring is 1. The number of hydrogen-bond acceptors (Lipinski definition) is 3. The fourth-order valence-corrected chi connectivity index (χ4v) is 1.20. The number of benzene rings is 1. The summed E-state index contributed by atoms with van der Waals surface area (Å²) in [5.41, 5.74) is 7.28. The summed E-state index contributed by atoms with van der Waals surface area (Å²) in [6.07, 6.45) is 0.632. The van der Waals surface area contributed by atoms with Gasteiger partial charge in [-0.2, -0.15) is 0 Å². The van der Waals surface area contributed by atoms with Crippen molar-refractivity contribution < 1.29 is 9.53 Å². The first-order valence-electron chi connectivity index (χ1n) is 5.87. The Morgan fingerprint density at radius 2 is 2.00 bits per heavy atom. The number of rotatable bonds is 5. The monoisotopic (exact) mass is 272 g/mol. The summed E-state index contributed by atoms with van der Waals surface area (Å²) < 4.78 is 5.07. The van der Waals surface area contributed by atoms with E-state index in [2.05, 4.69) is 12.2 Å². The van der Waals surface area contributed by atoms with Crippen LogP contribution in [0, 0.1) is 5.92 Å². The predicted octanol–water partition coefficient (Wildman–Crippen LogP) is 2.96. The molecule has 0 saturated heterocycles. The van der Waals surface area contributed by atoms with Gasteiger partial charge in [0.1, 0.15) is 0 Å². The zero-order valence-corrected chi connectivity index (χ0v) is 11.6. The van der Waals surface area contributed by atoms with Crippen LogP contribution < -0.4 is 11.1 Å². The summed E-state index contributed by atoms with van der Waals surface area (Å²) in [7, 11) is 0. The average Bonchev–Trinajstić information content (AvgIpc) is 2.35. The van der Waals surface area contributed by atoms with Crippen molar-refractivity contribution in [2.45, 2.75) is 26.8 Å². The van der Waals surface area contributed by atoms with Gasteiger partial charge in [-0.3, -0.25) is 0 Å². The lowest BCUT2D eigenvalue weighted by Gasteiger charge is -2.10. The van der Waals surface area contributed by atoms with Gasteiger partial charge in [0.05, 0.1) is 6.61 Å². The smallest absolute Gasteiger partial charge is 0.407 e. The average molecular weight is 273 g/mol. The van der Waals surface area contributed by atoms with Crippen LogP contribution in [0.2, 0.25) is 0 Å². The molecule has 3 N–H and O–H groups in total. The molecule has 5 heteroatoms. The number of nitrogens with one attached hydrogen (secondary N) is 1. The lowest BCUT2D eigenvalue weighted by molar-refractivity contribution is 0.128. The van der Waals surface area contributed by atoms with Gasteiger partial charge in [0.25, 0.3) is 0 Å². The van der Waals surface area contributed by atoms with Gasteiger partial charge < -0.3 is 15.8 Å². The Bertz CT molecular complexity index is 355. The van der Waals surface area contributed by atoms with Gasteiger partial charge in [-0.05, 0) is 23.6 Å². The number of hydrogen-bond donors (Lipinski definition) is 2. The Balaban J connectivity index is 0.00000289. The maximum atomic E-state index is 11.3. The van der Waals surface area contributed by atoms with Crippen molar-refractivity contribution in [3.8, 4) is 0 Å². The summed E-state index contributed by atoms with van der Waals surface area (Å²) in [4.78, 5) is 11.3. The molecule has 1 aromatic rings. The molecular formula is C13H21ClN2O2. The summed E-state index contributed by atoms with van der Waals surface area (Å²) in [6.45, 7) is 5.04. The summed E-state index contributed by atoms with van der Waals surface area (Å²) in [6, 6.07) is 7.37. The largest absolute Gasteiger partial charge is 0.449 e. The lowest BCUT2D eigenvalue weighted by atomic mass is 10.1. The van der Waals surface area contributed by atoms with E-state index in [1.54, 1.807) is 0 Å². The molecule has 1 aromatic carbocycles. The Kier molecular flexibility index (Phi) is 7.96. The van der Waals surface area contributed by atoms with Gasteiger partial charge in [-0.25, -0.2) is 4.79 Å². The van der Waals surface area contributed by atoms with Crippen LogP contribution in [-0.4, -0.2) is 12.7 Å². The molecule has 1 rings (SSSR count). The maximum absolute atomic E-state index is 11.3. The van der Waals surface area contributed by atoms with Crippen molar-refractivity contribution in [3.05, 3.63) is 29.8 Å². The van der Waals surface area contributed by atoms with Gasteiger partial charge in [0.2, 0.25) is 0 Å². The van der Waals surface area contributed by atoms with Crippen molar-refractivity contribution in [2.75, 3.05) is 12.3 Å². The number of alkyl carbamates (subject to hydrolysis) is 1. The summed E-state index contributed by atoms with van der Waals surface area (Å²) in [5.74, 6) is 0.400. The van der Waals surface area contributed by atoms with Crippen molar-refractivity contribution >= 4 is 24.2 Å². The number of carbonyl (C=O) groups is 1. The molecule has 0 spiro atoms. The third-order valence-corrected chi connectivity index (χ3v) is 2.61. The SMILES string of the molecule is CCC(C)COC(=O)NCc1ccc(N)cc1.Cl. The van der Waals surface area contributed by atoms with Gasteiger partial charge in [0.15, 0.2) is 0 Å². The van der Waals surface area contributed by atoms with Crippen LogP contribution in [0.25, 0.3) is 0 Å². The highest BCUT2D eigenvalue weighted by molar-refractivity contribution is 5.85. The van der Waals surface area contributed by atoms with Crippen LogP contribution in [0.1, 0.15) is 25.8 Å². The highest BCUT2D eigenvalue weighted by Gasteiger charge is 2.05. The second-order valence-corrected chi connectivity index (χ2v) is 4.21. The minimum absolute atomic E-state index is 0. The molecule has 4 nitrogen and oxygen atoms in total. The van der Waals surface area contributed by atoms with Crippen LogP contribution >= 0.6 is 12.4 Å². The summed E-state index contributed by atoms with van der Waals surface area (Å²) in [5, 5.41) is 2.70. The van der Waals surface area contributed by atoms with Crippen LogP contribution in [0.4, 0.5) is 10.5 Å². The standard InChI is InChI=1S/C13H20N2O2.ClH/c1-3-10(2)9-17-13(16)15-8-11-4-6-12(14)7-5-11;/h4-7,10H,3,8-9,14H2,1-2H3,(H,15,16);1H. The second-order valence-electron chi connectivity index (χ2n) is 4.21. The number of nitrogens with two attached hydrogens (primary N) is 1. The minimum Gasteiger partial charge on any atom is -0.449 e. The lowest BCUT2D eigenvalue weighted by Crippen LogP contribution is -2.25. The topological polar surface area (TPSA) is 64.3 Å². The van der Waals surface area contributed by atoms with E-state index < -0.39 is 0 Å². The van der Waals surface area contributed by atoms with E-state index in [-0.39, 0.29) is 18.5 Å². The van der Waals surface area contributed by atoms with Crippen LogP contribution in [0.5, 0.6) is 0 Å². The van der Waals surface area contributed by atoms with Crippen molar-refractivity contribution in [1.82, 2.24) is 5.32 Å². The third kappa shape index (κ3) is 6.35. The number of anilines is 1. The molecule has 0 bridgehead atoms. The van der Waals surface area contributed by atoms with Gasteiger partial charge in [-0.15, -0.1) is 12.4 Å². The molecule has 0 aliphatic rings. The summed E-state index contributed by atoms with van der Waals surface area (Å²) >= 11 is 0. The van der Waals surface area contributed by atoms with Crippen molar-refractivity contribution in [2.24, 2.45) is 5.92 Å². The number of carbonyl (C=O) groups excluding carboxylic acids is 1. The van der Waals surface area contributed by atoms with Crippen molar-refractivity contribution in [3.63, 3.8) is 0 Å². The van der Waals surface area contributed by atoms with Gasteiger partial charge in [0, 0.05) is 12.2 Å². The molecular weight excluding hydrogens is 252 g/mol. The second kappa shape index (κ2) is 8.64. The molecule has 0 saturated carbocycles. The zero-order chi connectivity index (χ0) is 12.7. The first kappa shape index (κ1) is 16.6. The zero-order valence-electron chi connectivity index (χ0n) is 10.8. The Morgan fingerprint density at radius 1 is 1.39 bits per heavy atom. The molecule has 0 fully saturated rings. The van der Waals surface area contributed by atoms with E-state index in [1.165, 1.54) is 0 Å². The number of amides is 1. The molecule has 18 heavy (non-hydrogen) atoms. The van der Waals surface area contributed by atoms with E-state index in [0.29, 0.717) is 24.8 Å². The van der Waals surface area contributed by atoms with E-state index in [4.69, 9.17) is 10.5 Å². The van der Waals surface area contributed by atoms with E-state index in [0.717, 1.165) is 12.0 Å². The van der Waals surface area contributed by atoms with Crippen LogP contribution in [0.15, 0.2) is 24.3 Å². The normalized spacial score (nSPS) is 11.2. The highest BCUT2D eigenvalue weighted by Crippen LogP contribution is 2.05. The molecule has 0 aliphatic carbocycles. The number of halogens is 1. The Hall–Kier alpha value is -1.42. The van der Waals surface area contributed by atoms with E-state index >= 15 is 0 Å². The third-order valence-electron chi connectivity index (χ3n) is 2.61. The fourth-order valence-electron chi connectivity index (χ4n) is 1.20. The molecule has 0 radical (unpaired) electrons. The maximum Gasteiger partial charge on any atom is 0.407 e. The predicted molar refractivity (Wildman–Crippen MR) is 75.7 cm³/mol. The molecule has 0 heterocycles. The molecule has 102 valence electrons. The van der Waals surface area contributed by atoms with Gasteiger partial charge >= 0.3 is 6.09 Å². The van der Waals surface area contributed by atoms with Crippen LogP contribution in [-0.2, 0) is 11.3 Å². The van der Waals surface area contributed by atoms with E-state index in [9.17, 15) is 4.79 Å². The van der Waals surface area contributed by atoms with Crippen LogP contribution in [0.3, 0.4) is 0 Å². The highest BCUT2D eigenvalue weighted by atomic mass is 35.5. The molecule has 1 atom stereocenters. The number of ether oxygens (including phenoxy) is 1. The molecule has 0 aliphatic heterocycles. The molecule has 0 aromatic heterocycles. The van der Waals surface area contributed by atoms with Gasteiger partial charge in [-0.1, -0.05) is 32.4 Å². The Labute approximate surface area is 114 Å². The Morgan fingerprint density at radius 3 is 2.56 bits per heavy atom. The first-order chi connectivity index (χ1) is 8.11. The minimum atomic E-state index is -0.373. The first-order valence-corrected chi connectivity index (χ1v) is 5.87. The molecule has 1 amide bonds. The van der Waals surface area contributed by atoms with Crippen molar-refractivity contribution in [1.29, 1.82) is 0 Å². The quantitative estimate of drug-likeness (QED) is 0.810. The van der Waals surface area contributed by atoms with E-state index in [1.807, 2.05) is 31.2 Å².